The van der Waals surface area contributed by atoms with Crippen LogP contribution in [0.1, 0.15) is 13.3 Å². The number of hydrogen-bond donors (Lipinski definition) is 3. The molecule has 68 valence electrons. The van der Waals surface area contributed by atoms with Gasteiger partial charge in [-0.05, 0) is 25.6 Å². The normalized spacial score (nSPS) is 25.8. The maximum atomic E-state index is 4.96. The van der Waals surface area contributed by atoms with Gasteiger partial charge in [-0.25, -0.2) is 0 Å². The SMILES string of the molecule is CNC(=S)NC1CC1NC(C)=S. The van der Waals surface area contributed by atoms with Crippen LogP contribution >= 0.6 is 24.4 Å². The molecule has 0 amide bonds. The van der Waals surface area contributed by atoms with Gasteiger partial charge in [0, 0.05) is 13.1 Å². The van der Waals surface area contributed by atoms with Crippen LogP contribution in [0.4, 0.5) is 0 Å². The molecule has 0 spiro atoms. The molecule has 1 aliphatic carbocycles. The van der Waals surface area contributed by atoms with E-state index in [9.17, 15) is 0 Å². The third-order valence-electron chi connectivity index (χ3n) is 1.72. The molecule has 5 heteroatoms. The Morgan fingerprint density at radius 2 is 1.83 bits per heavy atom. The lowest BCUT2D eigenvalue weighted by Crippen LogP contribution is -2.38. The molecule has 2 atom stereocenters. The molecule has 1 aliphatic rings. The molecular formula is C7H13N3S2. The summed E-state index contributed by atoms with van der Waals surface area (Å²) in [5, 5.41) is 9.91. The standard InChI is InChI=1S/C7H13N3S2/c1-4(11)9-5-3-6(5)10-7(12)8-2/h5-6H,3H2,1-2H3,(H,9,11)(H2,8,10,12). The van der Waals surface area contributed by atoms with Crippen LogP contribution in [0.2, 0.25) is 0 Å². The first-order valence-electron chi connectivity index (χ1n) is 3.89. The second-order valence-electron chi connectivity index (χ2n) is 2.87. The quantitative estimate of drug-likeness (QED) is 0.557. The van der Waals surface area contributed by atoms with Gasteiger partial charge in [0.25, 0.3) is 0 Å². The Kier molecular flexibility index (Phi) is 3.22. The third-order valence-corrected chi connectivity index (χ3v) is 2.16. The van der Waals surface area contributed by atoms with Crippen molar-refractivity contribution in [3.8, 4) is 0 Å². The molecule has 0 aromatic carbocycles. The van der Waals surface area contributed by atoms with E-state index in [1.807, 2.05) is 14.0 Å². The maximum absolute atomic E-state index is 4.96. The smallest absolute Gasteiger partial charge is 0.166 e. The number of nitrogens with one attached hydrogen (secondary N) is 3. The fraction of sp³-hybridized carbons (Fsp3) is 0.714. The number of hydrogen-bond acceptors (Lipinski definition) is 2. The van der Waals surface area contributed by atoms with Gasteiger partial charge in [-0.3, -0.25) is 0 Å². The summed E-state index contributed by atoms with van der Waals surface area (Å²) in [6, 6.07) is 0.914. The van der Waals surface area contributed by atoms with Crippen molar-refractivity contribution < 1.29 is 0 Å². The van der Waals surface area contributed by atoms with Crippen LogP contribution in [0.3, 0.4) is 0 Å². The molecule has 0 aromatic rings. The molecule has 2 unspecified atom stereocenters. The van der Waals surface area contributed by atoms with Gasteiger partial charge in [-0.1, -0.05) is 12.2 Å². The lowest BCUT2D eigenvalue weighted by atomic mass is 10.6. The van der Waals surface area contributed by atoms with Crippen LogP contribution in [-0.2, 0) is 0 Å². The monoisotopic (exact) mass is 203 g/mol. The van der Waals surface area contributed by atoms with Gasteiger partial charge in [-0.2, -0.15) is 0 Å². The average Bonchev–Trinajstić information content (AvgIpc) is 2.66. The Balaban J connectivity index is 2.16. The molecule has 0 saturated heterocycles. The van der Waals surface area contributed by atoms with Crippen molar-refractivity contribution in [3.63, 3.8) is 0 Å². The Morgan fingerprint density at radius 1 is 1.25 bits per heavy atom. The minimum atomic E-state index is 0.447. The lowest BCUT2D eigenvalue weighted by molar-refractivity contribution is 0.796. The van der Waals surface area contributed by atoms with E-state index in [-0.39, 0.29) is 0 Å². The van der Waals surface area contributed by atoms with Crippen molar-refractivity contribution in [2.45, 2.75) is 25.4 Å². The Labute approximate surface area is 83.3 Å². The summed E-state index contributed by atoms with van der Waals surface area (Å²) >= 11 is 9.87. The fourth-order valence-corrected chi connectivity index (χ4v) is 1.32. The summed E-state index contributed by atoms with van der Waals surface area (Å²) in [5.74, 6) is 0. The molecule has 12 heavy (non-hydrogen) atoms. The Morgan fingerprint density at radius 3 is 2.33 bits per heavy atom. The zero-order chi connectivity index (χ0) is 9.14. The van der Waals surface area contributed by atoms with E-state index in [0.717, 1.165) is 11.4 Å². The summed E-state index contributed by atoms with van der Waals surface area (Å²) in [5.41, 5.74) is 0. The largest absolute Gasteiger partial charge is 0.375 e. The van der Waals surface area contributed by atoms with Crippen LogP contribution < -0.4 is 16.0 Å². The van der Waals surface area contributed by atoms with Crippen molar-refractivity contribution in [3.05, 3.63) is 0 Å². The molecular weight excluding hydrogens is 190 g/mol. The molecule has 1 fully saturated rings. The molecule has 3 nitrogen and oxygen atoms in total. The molecule has 0 radical (unpaired) electrons. The molecule has 1 rings (SSSR count). The van der Waals surface area contributed by atoms with E-state index in [4.69, 9.17) is 24.4 Å². The minimum absolute atomic E-state index is 0.447. The average molecular weight is 203 g/mol. The first kappa shape index (κ1) is 9.67. The van der Waals surface area contributed by atoms with Crippen molar-refractivity contribution in [1.29, 1.82) is 0 Å². The van der Waals surface area contributed by atoms with E-state index in [1.54, 1.807) is 0 Å². The molecule has 3 N–H and O–H groups in total. The van der Waals surface area contributed by atoms with Crippen LogP contribution in [0.5, 0.6) is 0 Å². The van der Waals surface area contributed by atoms with E-state index in [2.05, 4.69) is 16.0 Å². The van der Waals surface area contributed by atoms with Gasteiger partial charge in [-0.15, -0.1) is 0 Å². The second kappa shape index (κ2) is 4.00. The Hall–Kier alpha value is -0.420. The summed E-state index contributed by atoms with van der Waals surface area (Å²) in [4.78, 5) is 0.847. The topological polar surface area (TPSA) is 36.1 Å². The van der Waals surface area contributed by atoms with Gasteiger partial charge in [0.15, 0.2) is 5.11 Å². The zero-order valence-electron chi connectivity index (χ0n) is 7.18. The van der Waals surface area contributed by atoms with Crippen molar-refractivity contribution in [2.75, 3.05) is 7.05 Å². The first-order chi connectivity index (χ1) is 5.63. The second-order valence-corrected chi connectivity index (χ2v) is 3.89. The molecule has 0 aromatic heterocycles. The van der Waals surface area contributed by atoms with Crippen molar-refractivity contribution in [1.82, 2.24) is 16.0 Å². The maximum Gasteiger partial charge on any atom is 0.166 e. The summed E-state index contributed by atoms with van der Waals surface area (Å²) in [7, 11) is 1.81. The Bertz CT molecular complexity index is 205. The summed E-state index contributed by atoms with van der Waals surface area (Å²) < 4.78 is 0. The predicted molar refractivity (Wildman–Crippen MR) is 58.4 cm³/mol. The highest BCUT2D eigenvalue weighted by atomic mass is 32.1. The van der Waals surface area contributed by atoms with E-state index in [0.29, 0.717) is 17.2 Å². The van der Waals surface area contributed by atoms with Crippen LogP contribution in [0, 0.1) is 0 Å². The van der Waals surface area contributed by atoms with Crippen LogP contribution in [-0.4, -0.2) is 29.2 Å². The molecule has 0 heterocycles. The van der Waals surface area contributed by atoms with Crippen molar-refractivity contribution >= 4 is 34.5 Å². The van der Waals surface area contributed by atoms with Gasteiger partial charge >= 0.3 is 0 Å². The van der Waals surface area contributed by atoms with E-state index >= 15 is 0 Å². The molecule has 0 aliphatic heterocycles. The van der Waals surface area contributed by atoms with Gasteiger partial charge < -0.3 is 16.0 Å². The highest BCUT2D eigenvalue weighted by Gasteiger charge is 2.37. The number of rotatable bonds is 2. The minimum Gasteiger partial charge on any atom is -0.375 e. The molecule has 0 bridgehead atoms. The predicted octanol–water partition coefficient (Wildman–Crippen LogP) is 0.158. The number of thiocarbonyl (C=S) groups is 2. The molecule has 1 saturated carbocycles. The van der Waals surface area contributed by atoms with Crippen molar-refractivity contribution in [2.24, 2.45) is 0 Å². The van der Waals surface area contributed by atoms with E-state index < -0.39 is 0 Å². The summed E-state index contributed by atoms with van der Waals surface area (Å²) in [6.07, 6.45) is 1.09. The highest BCUT2D eigenvalue weighted by Crippen LogP contribution is 2.20. The fourth-order valence-electron chi connectivity index (χ4n) is 1.02. The van der Waals surface area contributed by atoms with E-state index in [1.165, 1.54) is 0 Å². The first-order valence-corrected chi connectivity index (χ1v) is 4.70. The highest BCUT2D eigenvalue weighted by molar-refractivity contribution is 7.80. The van der Waals surface area contributed by atoms with Gasteiger partial charge in [0.2, 0.25) is 0 Å². The van der Waals surface area contributed by atoms with Gasteiger partial charge in [0.05, 0.1) is 11.0 Å². The van der Waals surface area contributed by atoms with Crippen LogP contribution in [0.25, 0.3) is 0 Å². The summed E-state index contributed by atoms with van der Waals surface area (Å²) in [6.45, 7) is 1.89. The lowest BCUT2D eigenvalue weighted by Gasteiger charge is -2.06. The van der Waals surface area contributed by atoms with Crippen LogP contribution in [0.15, 0.2) is 0 Å². The zero-order valence-corrected chi connectivity index (χ0v) is 8.81. The van der Waals surface area contributed by atoms with Gasteiger partial charge in [0.1, 0.15) is 0 Å². The third kappa shape index (κ3) is 2.91.